The van der Waals surface area contributed by atoms with Crippen LogP contribution in [0.15, 0.2) is 47.4 Å². The van der Waals surface area contributed by atoms with Crippen LogP contribution in [0.25, 0.3) is 10.9 Å². The van der Waals surface area contributed by atoms with E-state index in [9.17, 15) is 9.59 Å². The highest BCUT2D eigenvalue weighted by atomic mass is 35.5. The van der Waals surface area contributed by atoms with Crippen molar-refractivity contribution in [3.05, 3.63) is 69.0 Å². The van der Waals surface area contributed by atoms with Gasteiger partial charge >= 0.3 is 0 Å². The van der Waals surface area contributed by atoms with Gasteiger partial charge in [0, 0.05) is 11.9 Å². The second-order valence-electron chi connectivity index (χ2n) is 6.73. The van der Waals surface area contributed by atoms with E-state index in [-0.39, 0.29) is 11.7 Å². The van der Waals surface area contributed by atoms with E-state index in [1.165, 1.54) is 0 Å². The number of ether oxygens (including phenoxy) is 1. The van der Waals surface area contributed by atoms with E-state index < -0.39 is 11.3 Å². The molecular weight excluding hydrogens is 364 g/mol. The highest BCUT2D eigenvalue weighted by molar-refractivity contribution is 6.35. The molecule has 0 spiro atoms. The zero-order valence-corrected chi connectivity index (χ0v) is 15.8. The van der Waals surface area contributed by atoms with Crippen molar-refractivity contribution in [2.75, 3.05) is 5.32 Å². The molecule has 5 nitrogen and oxygen atoms in total. The van der Waals surface area contributed by atoms with E-state index >= 15 is 0 Å². The summed E-state index contributed by atoms with van der Waals surface area (Å²) in [6, 6.07) is 11.0. The molecule has 27 heavy (non-hydrogen) atoms. The predicted octanol–water partition coefficient (Wildman–Crippen LogP) is 4.25. The number of nitrogens with one attached hydrogen (secondary N) is 1. The zero-order valence-electron chi connectivity index (χ0n) is 15.1. The summed E-state index contributed by atoms with van der Waals surface area (Å²) in [5, 5.41) is 3.46. The molecule has 2 heterocycles. The van der Waals surface area contributed by atoms with Crippen molar-refractivity contribution >= 4 is 34.1 Å². The van der Waals surface area contributed by atoms with E-state index in [0.29, 0.717) is 33.9 Å². The molecule has 6 heteroatoms. The Morgan fingerprint density at radius 3 is 2.93 bits per heavy atom. The van der Waals surface area contributed by atoms with Crippen molar-refractivity contribution < 1.29 is 9.53 Å². The summed E-state index contributed by atoms with van der Waals surface area (Å²) < 4.78 is 7.69. The van der Waals surface area contributed by atoms with Crippen LogP contribution in [0.1, 0.15) is 29.8 Å². The topological polar surface area (TPSA) is 60.3 Å². The number of pyridine rings is 1. The Balaban J connectivity index is 1.83. The molecule has 0 aliphatic carbocycles. The van der Waals surface area contributed by atoms with Gasteiger partial charge in [-0.05, 0) is 43.2 Å². The Bertz CT molecular complexity index is 1120. The first-order valence-electron chi connectivity index (χ1n) is 8.90. The summed E-state index contributed by atoms with van der Waals surface area (Å²) in [5.74, 6) is 0.160. The Kier molecular flexibility index (Phi) is 4.40. The van der Waals surface area contributed by atoms with Gasteiger partial charge in [-0.1, -0.05) is 30.7 Å². The second kappa shape index (κ2) is 6.74. The summed E-state index contributed by atoms with van der Waals surface area (Å²) in [7, 11) is 0. The van der Waals surface area contributed by atoms with Crippen molar-refractivity contribution in [1.82, 2.24) is 4.57 Å². The SMILES string of the molecule is CCc1cccc(NC(=O)c2cn3c4c(ccc(Cl)c4c2=O)OC(C)C3)c1. The summed E-state index contributed by atoms with van der Waals surface area (Å²) in [5.41, 5.74) is 2.08. The minimum Gasteiger partial charge on any atom is -0.487 e. The van der Waals surface area contributed by atoms with Gasteiger partial charge in [0.2, 0.25) is 5.43 Å². The maximum Gasteiger partial charge on any atom is 0.261 e. The largest absolute Gasteiger partial charge is 0.487 e. The maximum absolute atomic E-state index is 13.0. The van der Waals surface area contributed by atoms with Gasteiger partial charge in [-0.2, -0.15) is 0 Å². The zero-order chi connectivity index (χ0) is 19.1. The average Bonchev–Trinajstić information content (AvgIpc) is 2.65. The number of carbonyl (C=O) groups excluding carboxylic acids is 1. The van der Waals surface area contributed by atoms with Gasteiger partial charge in [0.05, 0.1) is 22.5 Å². The summed E-state index contributed by atoms with van der Waals surface area (Å²) in [6.45, 7) is 4.53. The molecule has 1 aliphatic heterocycles. The average molecular weight is 383 g/mol. The number of aryl methyl sites for hydroxylation is 1. The molecule has 4 rings (SSSR count). The molecule has 0 saturated heterocycles. The molecule has 1 atom stereocenters. The lowest BCUT2D eigenvalue weighted by molar-refractivity contribution is 0.102. The lowest BCUT2D eigenvalue weighted by atomic mass is 10.1. The lowest BCUT2D eigenvalue weighted by Gasteiger charge is -2.26. The van der Waals surface area contributed by atoms with Crippen LogP contribution in [0.5, 0.6) is 5.75 Å². The summed E-state index contributed by atoms with van der Waals surface area (Å²) in [4.78, 5) is 25.9. The number of hydrogen-bond donors (Lipinski definition) is 1. The fourth-order valence-electron chi connectivity index (χ4n) is 3.46. The van der Waals surface area contributed by atoms with Gasteiger partial charge in [-0.3, -0.25) is 9.59 Å². The molecule has 0 saturated carbocycles. The molecule has 1 amide bonds. The monoisotopic (exact) mass is 382 g/mol. The Morgan fingerprint density at radius 1 is 1.33 bits per heavy atom. The molecule has 3 aromatic rings. The fourth-order valence-corrected chi connectivity index (χ4v) is 3.70. The molecular formula is C21H19ClN2O3. The predicted molar refractivity (Wildman–Crippen MR) is 107 cm³/mol. The number of nitrogens with zero attached hydrogens (tertiary/aromatic N) is 1. The number of anilines is 1. The van der Waals surface area contributed by atoms with E-state index in [1.54, 1.807) is 24.4 Å². The van der Waals surface area contributed by atoms with Crippen molar-refractivity contribution in [2.24, 2.45) is 0 Å². The molecule has 1 aromatic heterocycles. The molecule has 1 N–H and O–H groups in total. The van der Waals surface area contributed by atoms with Gasteiger partial charge in [0.25, 0.3) is 5.91 Å². The Hall–Kier alpha value is -2.79. The van der Waals surface area contributed by atoms with Gasteiger partial charge in [0.15, 0.2) is 0 Å². The fraction of sp³-hybridized carbons (Fsp3) is 0.238. The van der Waals surface area contributed by atoms with Gasteiger partial charge in [-0.15, -0.1) is 0 Å². The molecule has 0 fully saturated rings. The van der Waals surface area contributed by atoms with Crippen LogP contribution in [0.2, 0.25) is 5.02 Å². The van der Waals surface area contributed by atoms with E-state index in [0.717, 1.165) is 12.0 Å². The summed E-state index contributed by atoms with van der Waals surface area (Å²) >= 11 is 6.30. The van der Waals surface area contributed by atoms with Crippen molar-refractivity contribution in [3.63, 3.8) is 0 Å². The maximum atomic E-state index is 13.0. The molecule has 1 aliphatic rings. The van der Waals surface area contributed by atoms with Crippen LogP contribution in [0.4, 0.5) is 5.69 Å². The number of aromatic nitrogens is 1. The van der Waals surface area contributed by atoms with Gasteiger partial charge in [0.1, 0.15) is 17.4 Å². The smallest absolute Gasteiger partial charge is 0.261 e. The Morgan fingerprint density at radius 2 is 2.15 bits per heavy atom. The van der Waals surface area contributed by atoms with Crippen molar-refractivity contribution in [2.45, 2.75) is 32.9 Å². The number of halogens is 1. The first-order chi connectivity index (χ1) is 13.0. The number of hydrogen-bond acceptors (Lipinski definition) is 3. The lowest BCUT2D eigenvalue weighted by Crippen LogP contribution is -2.30. The third kappa shape index (κ3) is 3.08. The van der Waals surface area contributed by atoms with Crippen LogP contribution >= 0.6 is 11.6 Å². The van der Waals surface area contributed by atoms with Crippen LogP contribution in [-0.4, -0.2) is 16.6 Å². The Labute approximate surface area is 161 Å². The van der Waals surface area contributed by atoms with Crippen LogP contribution in [-0.2, 0) is 13.0 Å². The molecule has 138 valence electrons. The normalized spacial score (nSPS) is 15.4. The van der Waals surface area contributed by atoms with E-state index in [1.807, 2.05) is 36.6 Å². The third-order valence-corrected chi connectivity index (χ3v) is 5.07. The number of carbonyl (C=O) groups is 1. The highest BCUT2D eigenvalue weighted by Gasteiger charge is 2.24. The number of benzene rings is 2. The van der Waals surface area contributed by atoms with E-state index in [2.05, 4.69) is 5.32 Å². The van der Waals surface area contributed by atoms with Gasteiger partial charge < -0.3 is 14.6 Å². The molecule has 0 radical (unpaired) electrons. The number of rotatable bonds is 3. The van der Waals surface area contributed by atoms with Gasteiger partial charge in [-0.25, -0.2) is 0 Å². The van der Waals surface area contributed by atoms with Crippen LogP contribution in [0.3, 0.4) is 0 Å². The molecule has 1 unspecified atom stereocenters. The first kappa shape index (κ1) is 17.6. The van der Waals surface area contributed by atoms with Crippen LogP contribution in [0, 0.1) is 0 Å². The first-order valence-corrected chi connectivity index (χ1v) is 9.28. The third-order valence-electron chi connectivity index (χ3n) is 4.75. The second-order valence-corrected chi connectivity index (χ2v) is 7.14. The van der Waals surface area contributed by atoms with E-state index in [4.69, 9.17) is 16.3 Å². The standard InChI is InChI=1S/C21H19ClN2O3/c1-3-13-5-4-6-14(9-13)23-21(26)15-11-24-10-12(2)27-17-8-7-16(22)18(19(17)24)20(15)25/h4-9,11-12H,3,10H2,1-2H3,(H,23,26). The van der Waals surface area contributed by atoms with Crippen LogP contribution < -0.4 is 15.5 Å². The quantitative estimate of drug-likeness (QED) is 0.736. The van der Waals surface area contributed by atoms with Crippen molar-refractivity contribution in [3.8, 4) is 5.75 Å². The minimum atomic E-state index is -0.445. The highest BCUT2D eigenvalue weighted by Crippen LogP contribution is 2.33. The molecule has 0 bridgehead atoms. The van der Waals surface area contributed by atoms with Crippen molar-refractivity contribution in [1.29, 1.82) is 0 Å². The number of amides is 1. The minimum absolute atomic E-state index is 0.0672. The molecule has 2 aromatic carbocycles. The summed E-state index contributed by atoms with van der Waals surface area (Å²) in [6.07, 6.45) is 2.40.